The second-order valence-corrected chi connectivity index (χ2v) is 6.08. The largest absolute Gasteiger partial charge is 0.332 e. The first-order valence-electron chi connectivity index (χ1n) is 6.90. The molecule has 3 aromatic rings. The van der Waals surface area contributed by atoms with Crippen LogP contribution in [0.1, 0.15) is 12.6 Å². The number of urea groups is 1. The Morgan fingerprint density at radius 3 is 2.87 bits per heavy atom. The number of rotatable bonds is 3. The third kappa shape index (κ3) is 3.40. The Bertz CT molecular complexity index is 865. The number of amides is 2. The van der Waals surface area contributed by atoms with Gasteiger partial charge in [0.25, 0.3) is 0 Å². The van der Waals surface area contributed by atoms with Gasteiger partial charge in [-0.2, -0.15) is 0 Å². The van der Waals surface area contributed by atoms with Gasteiger partial charge in [0.1, 0.15) is 22.0 Å². The molecule has 0 aromatic carbocycles. The van der Waals surface area contributed by atoms with E-state index in [0.29, 0.717) is 29.2 Å². The molecule has 0 aliphatic carbocycles. The highest BCUT2D eigenvalue weighted by atomic mass is 32.1. The number of thiol groups is 1. The number of thiazole rings is 1. The van der Waals surface area contributed by atoms with Crippen molar-refractivity contribution in [1.29, 1.82) is 0 Å². The maximum absolute atomic E-state index is 11.8. The van der Waals surface area contributed by atoms with Gasteiger partial charge in [0.2, 0.25) is 0 Å². The van der Waals surface area contributed by atoms with Crippen LogP contribution in [0.5, 0.6) is 0 Å². The van der Waals surface area contributed by atoms with Crippen LogP contribution in [-0.4, -0.2) is 36.8 Å². The third-order valence-corrected chi connectivity index (χ3v) is 4.46. The lowest BCUT2D eigenvalue weighted by Crippen LogP contribution is -2.27. The number of aromatic nitrogens is 4. The van der Waals surface area contributed by atoms with E-state index in [4.69, 9.17) is 0 Å². The molecule has 0 aliphatic rings. The predicted molar refractivity (Wildman–Crippen MR) is 93.6 cm³/mol. The Kier molecular flexibility index (Phi) is 4.39. The number of fused-ring (bicyclic) bond motifs is 1. The molecule has 0 bridgehead atoms. The van der Waals surface area contributed by atoms with Crippen molar-refractivity contribution in [2.24, 2.45) is 0 Å². The quantitative estimate of drug-likeness (QED) is 0.712. The van der Waals surface area contributed by atoms with Crippen molar-refractivity contribution in [2.45, 2.75) is 13.8 Å². The average molecular weight is 346 g/mol. The fourth-order valence-corrected chi connectivity index (χ4v) is 2.66. The van der Waals surface area contributed by atoms with E-state index >= 15 is 0 Å². The number of hydrogen-bond acceptors (Lipinski definition) is 7. The van der Waals surface area contributed by atoms with E-state index < -0.39 is 0 Å². The maximum atomic E-state index is 11.8. The SMILES string of the molecule is CCN(S)C(=O)Nc1ccc2ncc(-c3nc(C)cs3)nc2n1. The summed E-state index contributed by atoms with van der Waals surface area (Å²) in [5.41, 5.74) is 2.71. The van der Waals surface area contributed by atoms with Gasteiger partial charge in [0, 0.05) is 17.6 Å². The van der Waals surface area contributed by atoms with Crippen molar-refractivity contribution in [3.8, 4) is 10.7 Å². The number of carbonyl (C=O) groups is 1. The number of carbonyl (C=O) groups excluding carboxylic acids is 1. The van der Waals surface area contributed by atoms with Crippen molar-refractivity contribution in [1.82, 2.24) is 24.2 Å². The van der Waals surface area contributed by atoms with Crippen LogP contribution in [0.25, 0.3) is 21.9 Å². The van der Waals surface area contributed by atoms with Gasteiger partial charge in [-0.1, -0.05) is 12.8 Å². The first-order valence-corrected chi connectivity index (χ1v) is 8.18. The van der Waals surface area contributed by atoms with Gasteiger partial charge in [-0.25, -0.2) is 19.7 Å². The second kappa shape index (κ2) is 6.47. The molecule has 0 fully saturated rings. The highest BCUT2D eigenvalue weighted by molar-refractivity contribution is 7.78. The summed E-state index contributed by atoms with van der Waals surface area (Å²) in [6.07, 6.45) is 1.67. The number of hydrogen-bond donors (Lipinski definition) is 2. The molecule has 0 aliphatic heterocycles. The Hall–Kier alpha value is -2.26. The summed E-state index contributed by atoms with van der Waals surface area (Å²) < 4.78 is 1.26. The van der Waals surface area contributed by atoms with Gasteiger partial charge in [0.05, 0.1) is 6.20 Å². The molecular weight excluding hydrogens is 332 g/mol. The molecule has 118 valence electrons. The number of nitrogens with zero attached hydrogens (tertiary/aromatic N) is 5. The fraction of sp³-hybridized carbons (Fsp3) is 0.214. The van der Waals surface area contributed by atoms with Gasteiger partial charge in [0.15, 0.2) is 5.65 Å². The zero-order valence-electron chi connectivity index (χ0n) is 12.5. The highest BCUT2D eigenvalue weighted by Gasteiger charge is 2.11. The van der Waals surface area contributed by atoms with E-state index in [0.717, 1.165) is 10.7 Å². The summed E-state index contributed by atoms with van der Waals surface area (Å²) >= 11 is 5.56. The van der Waals surface area contributed by atoms with Crippen molar-refractivity contribution in [3.05, 3.63) is 29.4 Å². The second-order valence-electron chi connectivity index (χ2n) is 4.73. The van der Waals surface area contributed by atoms with E-state index in [9.17, 15) is 4.79 Å². The van der Waals surface area contributed by atoms with Crippen LogP contribution in [0.4, 0.5) is 10.6 Å². The summed E-state index contributed by atoms with van der Waals surface area (Å²) in [6.45, 7) is 4.24. The van der Waals surface area contributed by atoms with E-state index in [-0.39, 0.29) is 6.03 Å². The monoisotopic (exact) mass is 346 g/mol. The molecule has 3 heterocycles. The van der Waals surface area contributed by atoms with Crippen LogP contribution in [0.2, 0.25) is 0 Å². The van der Waals surface area contributed by atoms with Crippen molar-refractivity contribution >= 4 is 47.2 Å². The van der Waals surface area contributed by atoms with Crippen LogP contribution in [0, 0.1) is 6.92 Å². The summed E-state index contributed by atoms with van der Waals surface area (Å²) in [5, 5.41) is 5.41. The molecule has 2 amide bonds. The third-order valence-electron chi connectivity index (χ3n) is 3.01. The predicted octanol–water partition coefficient (Wildman–Crippen LogP) is 3.16. The molecule has 7 nitrogen and oxygen atoms in total. The van der Waals surface area contributed by atoms with Crippen molar-refractivity contribution in [3.63, 3.8) is 0 Å². The molecule has 0 saturated heterocycles. The first-order chi connectivity index (χ1) is 11.1. The molecule has 0 saturated carbocycles. The fourth-order valence-electron chi connectivity index (χ4n) is 1.86. The molecular formula is C14H14N6OS2. The molecule has 0 atom stereocenters. The Morgan fingerprint density at radius 2 is 2.17 bits per heavy atom. The number of anilines is 1. The minimum absolute atomic E-state index is 0.345. The smallest absolute Gasteiger partial charge is 0.291 e. The standard InChI is InChI=1S/C14H14N6OS2/c1-3-20(22)14(21)19-11-5-4-9-12(18-11)17-10(6-15-9)13-16-8(2)7-23-13/h4-7,22H,3H2,1-2H3,(H,17,18,19,21). The van der Waals surface area contributed by atoms with E-state index in [2.05, 4.69) is 38.1 Å². The van der Waals surface area contributed by atoms with Gasteiger partial charge in [-0.15, -0.1) is 11.3 Å². The topological polar surface area (TPSA) is 83.9 Å². The summed E-state index contributed by atoms with van der Waals surface area (Å²) in [6, 6.07) is 3.10. The first kappa shape index (κ1) is 15.6. The molecule has 3 aromatic heterocycles. The maximum Gasteiger partial charge on any atom is 0.332 e. The number of aryl methyl sites for hydroxylation is 1. The van der Waals surface area contributed by atoms with Crippen LogP contribution in [0.3, 0.4) is 0 Å². The van der Waals surface area contributed by atoms with Gasteiger partial charge in [-0.05, 0) is 26.0 Å². The van der Waals surface area contributed by atoms with Crippen LogP contribution in [-0.2, 0) is 0 Å². The van der Waals surface area contributed by atoms with E-state index in [1.165, 1.54) is 15.6 Å². The van der Waals surface area contributed by atoms with E-state index in [1.807, 2.05) is 19.2 Å². The van der Waals surface area contributed by atoms with Crippen LogP contribution < -0.4 is 5.32 Å². The Morgan fingerprint density at radius 1 is 1.35 bits per heavy atom. The number of nitrogens with one attached hydrogen (secondary N) is 1. The summed E-state index contributed by atoms with van der Waals surface area (Å²) in [4.78, 5) is 29.4. The average Bonchev–Trinajstić information content (AvgIpc) is 2.99. The Labute approximate surface area is 142 Å². The van der Waals surface area contributed by atoms with Gasteiger partial charge in [-0.3, -0.25) is 14.6 Å². The van der Waals surface area contributed by atoms with Crippen molar-refractivity contribution in [2.75, 3.05) is 11.9 Å². The molecule has 0 radical (unpaired) electrons. The normalized spacial score (nSPS) is 10.7. The molecule has 0 spiro atoms. The lowest BCUT2D eigenvalue weighted by Gasteiger charge is -2.13. The van der Waals surface area contributed by atoms with Crippen LogP contribution >= 0.6 is 24.2 Å². The van der Waals surface area contributed by atoms with Crippen molar-refractivity contribution < 1.29 is 4.79 Å². The summed E-state index contributed by atoms with van der Waals surface area (Å²) in [5.74, 6) is 0.400. The van der Waals surface area contributed by atoms with Gasteiger partial charge < -0.3 is 0 Å². The minimum Gasteiger partial charge on any atom is -0.291 e. The Balaban J connectivity index is 1.93. The molecule has 9 heteroatoms. The lowest BCUT2D eigenvalue weighted by molar-refractivity contribution is 0.240. The number of pyridine rings is 1. The molecule has 0 unspecified atom stereocenters. The lowest BCUT2D eigenvalue weighted by atomic mass is 10.3. The minimum atomic E-state index is -0.345. The molecule has 23 heavy (non-hydrogen) atoms. The zero-order chi connectivity index (χ0) is 16.4. The molecule has 1 N–H and O–H groups in total. The van der Waals surface area contributed by atoms with Gasteiger partial charge >= 0.3 is 6.03 Å². The van der Waals surface area contributed by atoms with E-state index in [1.54, 1.807) is 18.3 Å². The summed E-state index contributed by atoms with van der Waals surface area (Å²) in [7, 11) is 0. The highest BCUT2D eigenvalue weighted by Crippen LogP contribution is 2.22. The van der Waals surface area contributed by atoms with Crippen LogP contribution in [0.15, 0.2) is 23.7 Å². The molecule has 3 rings (SSSR count). The zero-order valence-corrected chi connectivity index (χ0v) is 14.2.